The number of methoxy groups -OCH3 is 1. The van der Waals surface area contributed by atoms with E-state index in [2.05, 4.69) is 11.9 Å². The van der Waals surface area contributed by atoms with E-state index in [1.54, 1.807) is 25.3 Å². The van der Waals surface area contributed by atoms with Crippen LogP contribution in [0, 0.1) is 6.92 Å². The highest BCUT2D eigenvalue weighted by atomic mass is 35.5. The number of benzene rings is 2. The van der Waals surface area contributed by atoms with Crippen LogP contribution in [-0.2, 0) is 9.59 Å². The molecule has 32 heavy (non-hydrogen) atoms. The number of anilines is 1. The third-order valence-electron chi connectivity index (χ3n) is 6.44. The van der Waals surface area contributed by atoms with Crippen LogP contribution in [0.3, 0.4) is 0 Å². The molecule has 2 heterocycles. The van der Waals surface area contributed by atoms with Gasteiger partial charge in [-0.1, -0.05) is 35.9 Å². The summed E-state index contributed by atoms with van der Waals surface area (Å²) in [5.41, 5.74) is 2.74. The van der Waals surface area contributed by atoms with Gasteiger partial charge in [-0.25, -0.2) is 4.90 Å². The molecule has 0 N–H and O–H groups in total. The highest BCUT2D eigenvalue weighted by Gasteiger charge is 2.44. The number of rotatable bonds is 5. The summed E-state index contributed by atoms with van der Waals surface area (Å²) in [6.45, 7) is 3.79. The van der Waals surface area contributed by atoms with Crippen molar-refractivity contribution in [2.45, 2.75) is 25.8 Å². The molecule has 0 aromatic heterocycles. The zero-order valence-corrected chi connectivity index (χ0v) is 19.6. The van der Waals surface area contributed by atoms with Crippen LogP contribution in [0.4, 0.5) is 5.69 Å². The van der Waals surface area contributed by atoms with Crippen molar-refractivity contribution in [3.05, 3.63) is 64.3 Å². The van der Waals surface area contributed by atoms with Gasteiger partial charge >= 0.3 is 0 Å². The van der Waals surface area contributed by atoms with Gasteiger partial charge < -0.3 is 14.5 Å². The Morgan fingerprint density at radius 2 is 1.75 bits per heavy atom. The third kappa shape index (κ3) is 3.89. The van der Waals surface area contributed by atoms with E-state index >= 15 is 0 Å². The molecule has 0 bridgehead atoms. The maximum atomic E-state index is 13.8. The van der Waals surface area contributed by atoms with Crippen molar-refractivity contribution in [3.8, 4) is 5.75 Å². The Bertz CT molecular complexity index is 1090. The van der Waals surface area contributed by atoms with E-state index in [4.69, 9.17) is 16.3 Å². The van der Waals surface area contributed by atoms with Crippen molar-refractivity contribution >= 4 is 34.7 Å². The Kier molecular flexibility index (Phi) is 6.26. The van der Waals surface area contributed by atoms with Crippen LogP contribution < -0.4 is 9.64 Å². The summed E-state index contributed by atoms with van der Waals surface area (Å²) in [6, 6.07) is 12.7. The van der Waals surface area contributed by atoms with Crippen molar-refractivity contribution in [1.82, 2.24) is 9.80 Å². The topological polar surface area (TPSA) is 53.1 Å². The van der Waals surface area contributed by atoms with Crippen LogP contribution in [0.1, 0.15) is 24.0 Å². The van der Waals surface area contributed by atoms with Gasteiger partial charge in [0, 0.05) is 23.7 Å². The molecule has 4 rings (SSSR count). The molecule has 0 saturated carbocycles. The summed E-state index contributed by atoms with van der Waals surface area (Å²) in [5, 5.41) is 0.513. The molecule has 0 unspecified atom stereocenters. The van der Waals surface area contributed by atoms with Crippen molar-refractivity contribution in [2.75, 3.05) is 39.2 Å². The number of piperidine rings is 1. The molecule has 2 aromatic rings. The van der Waals surface area contributed by atoms with Crippen LogP contribution >= 0.6 is 11.6 Å². The molecule has 7 heteroatoms. The molecule has 0 aliphatic carbocycles. The lowest BCUT2D eigenvalue weighted by atomic mass is 9.99. The molecule has 0 atom stereocenters. The molecule has 2 aromatic carbocycles. The van der Waals surface area contributed by atoms with Gasteiger partial charge in [-0.05, 0) is 63.7 Å². The van der Waals surface area contributed by atoms with Crippen molar-refractivity contribution in [1.29, 1.82) is 0 Å². The molecule has 1 fully saturated rings. The fourth-order valence-corrected chi connectivity index (χ4v) is 4.63. The Morgan fingerprint density at radius 1 is 1.06 bits per heavy atom. The fourth-order valence-electron chi connectivity index (χ4n) is 4.46. The van der Waals surface area contributed by atoms with Gasteiger partial charge in [-0.3, -0.25) is 9.59 Å². The first-order valence-corrected chi connectivity index (χ1v) is 11.1. The number of para-hydroxylation sites is 1. The van der Waals surface area contributed by atoms with E-state index in [9.17, 15) is 9.59 Å². The first-order valence-electron chi connectivity index (χ1n) is 10.8. The number of carbonyl (C=O) groups excluding carboxylic acids is 2. The monoisotopic (exact) mass is 453 g/mol. The van der Waals surface area contributed by atoms with E-state index < -0.39 is 0 Å². The standard InChI is InChI=1S/C25H28ClN3O3/c1-16-9-10-18(15-20(16)26)29-24(30)22(19-7-5-6-8-21(19)32-4)23(25(29)31)28(3)17-11-13-27(2)14-12-17/h5-10,15,17H,11-14H2,1-4H3. The van der Waals surface area contributed by atoms with Gasteiger partial charge in [0.05, 0.1) is 18.4 Å². The fraction of sp³-hybridized carbons (Fsp3) is 0.360. The molecule has 1 saturated heterocycles. The summed E-state index contributed by atoms with van der Waals surface area (Å²) in [6.07, 6.45) is 1.85. The summed E-state index contributed by atoms with van der Waals surface area (Å²) in [5.74, 6) is -0.145. The lowest BCUT2D eigenvalue weighted by Crippen LogP contribution is -2.43. The maximum absolute atomic E-state index is 13.8. The number of hydrogen-bond acceptors (Lipinski definition) is 5. The Hall–Kier alpha value is -2.83. The zero-order valence-electron chi connectivity index (χ0n) is 18.9. The van der Waals surface area contributed by atoms with E-state index in [1.807, 2.05) is 43.1 Å². The highest BCUT2D eigenvalue weighted by Crippen LogP contribution is 2.39. The molecular formula is C25H28ClN3O3. The Morgan fingerprint density at radius 3 is 2.41 bits per heavy atom. The Balaban J connectivity index is 1.83. The summed E-state index contributed by atoms with van der Waals surface area (Å²) in [4.78, 5) is 33.0. The summed E-state index contributed by atoms with van der Waals surface area (Å²) in [7, 11) is 5.58. The number of nitrogens with zero attached hydrogens (tertiary/aromatic N) is 3. The third-order valence-corrected chi connectivity index (χ3v) is 6.85. The molecule has 0 radical (unpaired) electrons. The molecule has 6 nitrogen and oxygen atoms in total. The quantitative estimate of drug-likeness (QED) is 0.641. The highest BCUT2D eigenvalue weighted by molar-refractivity contribution is 6.46. The molecule has 168 valence electrons. The first-order chi connectivity index (χ1) is 15.3. The van der Waals surface area contributed by atoms with Gasteiger partial charge in [0.2, 0.25) is 0 Å². The van der Waals surface area contributed by atoms with E-state index in [1.165, 1.54) is 4.90 Å². The lowest BCUT2D eigenvalue weighted by Gasteiger charge is -2.36. The SMILES string of the molecule is COc1ccccc1C1=C(N(C)C2CCN(C)CC2)C(=O)N(c2ccc(C)c(Cl)c2)C1=O. The first kappa shape index (κ1) is 22.4. The molecule has 2 aliphatic rings. The maximum Gasteiger partial charge on any atom is 0.282 e. The number of amides is 2. The van der Waals surface area contributed by atoms with Gasteiger partial charge in [0.15, 0.2) is 0 Å². The van der Waals surface area contributed by atoms with E-state index in [-0.39, 0.29) is 17.9 Å². The molecule has 2 aliphatic heterocycles. The minimum Gasteiger partial charge on any atom is -0.496 e. The smallest absolute Gasteiger partial charge is 0.282 e. The number of imide groups is 1. The summed E-state index contributed by atoms with van der Waals surface area (Å²) >= 11 is 6.33. The van der Waals surface area contributed by atoms with Crippen molar-refractivity contribution < 1.29 is 14.3 Å². The zero-order chi connectivity index (χ0) is 23.0. The number of hydrogen-bond donors (Lipinski definition) is 0. The molecule has 2 amide bonds. The normalized spacial score (nSPS) is 18.0. The molecular weight excluding hydrogens is 426 g/mol. The van der Waals surface area contributed by atoms with Crippen LogP contribution in [0.2, 0.25) is 5.02 Å². The van der Waals surface area contributed by atoms with Crippen molar-refractivity contribution in [2.24, 2.45) is 0 Å². The number of halogens is 1. The molecule has 0 spiro atoms. The second-order valence-corrected chi connectivity index (χ2v) is 8.86. The number of ether oxygens (including phenoxy) is 1. The largest absolute Gasteiger partial charge is 0.496 e. The average Bonchev–Trinajstić information content (AvgIpc) is 3.05. The second-order valence-electron chi connectivity index (χ2n) is 8.45. The number of likely N-dealkylation sites (tertiary alicyclic amines) is 1. The van der Waals surface area contributed by atoms with Crippen LogP contribution in [0.5, 0.6) is 5.75 Å². The minimum atomic E-state index is -0.366. The van der Waals surface area contributed by atoms with E-state index in [0.29, 0.717) is 33.3 Å². The number of aryl methyl sites for hydroxylation is 1. The summed E-state index contributed by atoms with van der Waals surface area (Å²) < 4.78 is 5.54. The Labute approximate surface area is 194 Å². The predicted molar refractivity (Wildman–Crippen MR) is 127 cm³/mol. The second kappa shape index (κ2) is 8.96. The number of likely N-dealkylation sites (N-methyl/N-ethyl adjacent to an activating group) is 1. The van der Waals surface area contributed by atoms with Gasteiger partial charge in [0.1, 0.15) is 11.4 Å². The van der Waals surface area contributed by atoms with Gasteiger partial charge in [-0.2, -0.15) is 0 Å². The average molecular weight is 454 g/mol. The lowest BCUT2D eigenvalue weighted by molar-refractivity contribution is -0.120. The van der Waals surface area contributed by atoms with Gasteiger partial charge in [0.25, 0.3) is 11.8 Å². The predicted octanol–water partition coefficient (Wildman–Crippen LogP) is 3.97. The van der Waals surface area contributed by atoms with Gasteiger partial charge in [-0.15, -0.1) is 0 Å². The van der Waals surface area contributed by atoms with Crippen molar-refractivity contribution in [3.63, 3.8) is 0 Å². The number of carbonyl (C=O) groups is 2. The van der Waals surface area contributed by atoms with Crippen LogP contribution in [0.25, 0.3) is 5.57 Å². The van der Waals surface area contributed by atoms with Crippen LogP contribution in [0.15, 0.2) is 48.2 Å². The van der Waals surface area contributed by atoms with E-state index in [0.717, 1.165) is 31.5 Å². The minimum absolute atomic E-state index is 0.171. The van der Waals surface area contributed by atoms with Crippen LogP contribution in [-0.4, -0.2) is 62.0 Å².